The minimum atomic E-state index is -0.930. The Morgan fingerprint density at radius 2 is 1.94 bits per heavy atom. The minimum Gasteiger partial charge on any atom is -0.480 e. The van der Waals surface area contributed by atoms with Crippen LogP contribution in [0.25, 0.3) is 0 Å². The highest BCUT2D eigenvalue weighted by atomic mass is 16.4. The van der Waals surface area contributed by atoms with Crippen LogP contribution < -0.4 is 10.2 Å². The fraction of sp³-hybridized carbons (Fsp3) is 0.500. The van der Waals surface area contributed by atoms with Crippen molar-refractivity contribution in [2.24, 2.45) is 0 Å². The van der Waals surface area contributed by atoms with E-state index in [2.05, 4.69) is 10.2 Å². The fourth-order valence-electron chi connectivity index (χ4n) is 2.00. The highest BCUT2D eigenvalue weighted by Gasteiger charge is 2.34. The summed E-state index contributed by atoms with van der Waals surface area (Å²) in [6.07, 6.45) is 0. The Kier molecular flexibility index (Phi) is 5.16. The molecular formula is C14H22N2O2. The Morgan fingerprint density at radius 1 is 1.33 bits per heavy atom. The number of rotatable bonds is 7. The molecule has 0 bridgehead atoms. The lowest BCUT2D eigenvalue weighted by molar-refractivity contribution is -0.143. The number of aliphatic carboxylic acids is 1. The van der Waals surface area contributed by atoms with Gasteiger partial charge in [-0.2, -0.15) is 0 Å². The molecule has 0 heterocycles. The number of carbonyl (C=O) groups is 1. The molecule has 0 saturated heterocycles. The second-order valence-corrected chi connectivity index (χ2v) is 4.52. The first kappa shape index (κ1) is 14.5. The number of benzene rings is 1. The van der Waals surface area contributed by atoms with Gasteiger partial charge in [-0.25, -0.2) is 0 Å². The van der Waals surface area contributed by atoms with Crippen LogP contribution in [0, 0.1) is 0 Å². The molecule has 0 spiro atoms. The van der Waals surface area contributed by atoms with Crippen LogP contribution in [-0.2, 0) is 4.79 Å². The molecule has 4 heteroatoms. The molecule has 4 nitrogen and oxygen atoms in total. The molecule has 1 atom stereocenters. The fourth-order valence-corrected chi connectivity index (χ4v) is 2.00. The number of para-hydroxylation sites is 1. The van der Waals surface area contributed by atoms with E-state index in [1.54, 1.807) is 6.92 Å². The van der Waals surface area contributed by atoms with Crippen LogP contribution in [0.15, 0.2) is 30.3 Å². The molecule has 1 aromatic carbocycles. The molecule has 0 fully saturated rings. The third-order valence-electron chi connectivity index (χ3n) is 3.05. The number of nitrogens with one attached hydrogen (secondary N) is 1. The quantitative estimate of drug-likeness (QED) is 0.777. The SMILES string of the molecule is CCNC(C)(CN(CC)c1ccccc1)C(=O)O. The maximum absolute atomic E-state index is 11.4. The van der Waals surface area contributed by atoms with E-state index in [1.807, 2.05) is 44.2 Å². The third kappa shape index (κ3) is 3.47. The topological polar surface area (TPSA) is 52.6 Å². The second kappa shape index (κ2) is 6.40. The highest BCUT2D eigenvalue weighted by Crippen LogP contribution is 2.17. The van der Waals surface area contributed by atoms with Gasteiger partial charge in [-0.1, -0.05) is 25.1 Å². The molecule has 1 aromatic rings. The number of likely N-dealkylation sites (N-methyl/N-ethyl adjacent to an activating group) is 2. The van der Waals surface area contributed by atoms with Crippen molar-refractivity contribution >= 4 is 11.7 Å². The standard InChI is InChI=1S/C14H22N2O2/c1-4-15-14(3,13(17)18)11-16(5-2)12-9-7-6-8-10-12/h6-10,15H,4-5,11H2,1-3H3,(H,17,18). The summed E-state index contributed by atoms with van der Waals surface area (Å²) in [5.41, 5.74) is 0.117. The zero-order chi connectivity index (χ0) is 13.6. The normalized spacial score (nSPS) is 13.9. The maximum Gasteiger partial charge on any atom is 0.325 e. The lowest BCUT2D eigenvalue weighted by Gasteiger charge is -2.33. The Labute approximate surface area is 109 Å². The van der Waals surface area contributed by atoms with E-state index < -0.39 is 11.5 Å². The molecule has 2 N–H and O–H groups in total. The van der Waals surface area contributed by atoms with Gasteiger partial charge in [0, 0.05) is 18.8 Å². The molecule has 0 aromatic heterocycles. The molecule has 0 saturated carbocycles. The lowest BCUT2D eigenvalue weighted by atomic mass is 10.0. The first-order valence-electron chi connectivity index (χ1n) is 6.32. The van der Waals surface area contributed by atoms with Crippen LogP contribution in [0.3, 0.4) is 0 Å². The van der Waals surface area contributed by atoms with Gasteiger partial charge in [0.05, 0.1) is 0 Å². The van der Waals surface area contributed by atoms with Crippen LogP contribution in [0.1, 0.15) is 20.8 Å². The third-order valence-corrected chi connectivity index (χ3v) is 3.05. The summed E-state index contributed by atoms with van der Waals surface area (Å²) in [6.45, 7) is 7.52. The Morgan fingerprint density at radius 3 is 2.39 bits per heavy atom. The number of hydrogen-bond acceptors (Lipinski definition) is 3. The molecule has 1 unspecified atom stereocenters. The average molecular weight is 250 g/mol. The van der Waals surface area contributed by atoms with E-state index in [0.29, 0.717) is 13.1 Å². The van der Waals surface area contributed by atoms with Crippen molar-refractivity contribution in [1.29, 1.82) is 0 Å². The van der Waals surface area contributed by atoms with E-state index in [4.69, 9.17) is 0 Å². The summed E-state index contributed by atoms with van der Waals surface area (Å²) < 4.78 is 0. The van der Waals surface area contributed by atoms with E-state index in [0.717, 1.165) is 12.2 Å². The Hall–Kier alpha value is -1.55. The van der Waals surface area contributed by atoms with E-state index in [-0.39, 0.29) is 0 Å². The van der Waals surface area contributed by atoms with Crippen molar-refractivity contribution < 1.29 is 9.90 Å². The lowest BCUT2D eigenvalue weighted by Crippen LogP contribution is -2.57. The largest absolute Gasteiger partial charge is 0.480 e. The van der Waals surface area contributed by atoms with Gasteiger partial charge in [0.25, 0.3) is 0 Å². The number of carboxylic acid groups (broad SMARTS) is 1. The van der Waals surface area contributed by atoms with Crippen molar-refractivity contribution in [3.05, 3.63) is 30.3 Å². The van der Waals surface area contributed by atoms with Gasteiger partial charge in [0.2, 0.25) is 0 Å². The summed E-state index contributed by atoms with van der Waals surface area (Å²) in [5, 5.41) is 12.4. The van der Waals surface area contributed by atoms with E-state index in [1.165, 1.54) is 0 Å². The molecule has 1 rings (SSSR count). The van der Waals surface area contributed by atoms with Gasteiger partial charge >= 0.3 is 5.97 Å². The summed E-state index contributed by atoms with van der Waals surface area (Å²) in [5.74, 6) is -0.821. The predicted molar refractivity (Wildman–Crippen MR) is 74.0 cm³/mol. The van der Waals surface area contributed by atoms with Crippen molar-refractivity contribution in [2.45, 2.75) is 26.3 Å². The zero-order valence-electron chi connectivity index (χ0n) is 11.3. The van der Waals surface area contributed by atoms with E-state index >= 15 is 0 Å². The first-order chi connectivity index (χ1) is 8.53. The van der Waals surface area contributed by atoms with Gasteiger partial charge < -0.3 is 15.3 Å². The van der Waals surface area contributed by atoms with Crippen molar-refractivity contribution in [1.82, 2.24) is 5.32 Å². The number of nitrogens with zero attached hydrogens (tertiary/aromatic N) is 1. The number of hydrogen-bond donors (Lipinski definition) is 2. The molecule has 0 aliphatic carbocycles. The molecule has 100 valence electrons. The Bertz CT molecular complexity index is 381. The first-order valence-corrected chi connectivity index (χ1v) is 6.32. The average Bonchev–Trinajstić information content (AvgIpc) is 2.37. The zero-order valence-corrected chi connectivity index (χ0v) is 11.3. The summed E-state index contributed by atoms with van der Waals surface area (Å²) >= 11 is 0. The molecular weight excluding hydrogens is 228 g/mol. The van der Waals surface area contributed by atoms with Crippen LogP contribution in [0.2, 0.25) is 0 Å². The van der Waals surface area contributed by atoms with Crippen molar-refractivity contribution in [2.75, 3.05) is 24.5 Å². The van der Waals surface area contributed by atoms with Gasteiger partial charge in [0.15, 0.2) is 0 Å². The van der Waals surface area contributed by atoms with Gasteiger partial charge in [-0.05, 0) is 32.5 Å². The monoisotopic (exact) mass is 250 g/mol. The van der Waals surface area contributed by atoms with Crippen LogP contribution in [0.4, 0.5) is 5.69 Å². The van der Waals surface area contributed by atoms with Gasteiger partial charge in [-0.15, -0.1) is 0 Å². The minimum absolute atomic E-state index is 0.441. The number of carboxylic acids is 1. The smallest absolute Gasteiger partial charge is 0.325 e. The summed E-state index contributed by atoms with van der Waals surface area (Å²) in [4.78, 5) is 13.5. The van der Waals surface area contributed by atoms with Crippen LogP contribution >= 0.6 is 0 Å². The molecule has 0 amide bonds. The van der Waals surface area contributed by atoms with Crippen LogP contribution in [-0.4, -0.2) is 36.2 Å². The summed E-state index contributed by atoms with van der Waals surface area (Å²) in [7, 11) is 0. The molecule has 0 aliphatic rings. The second-order valence-electron chi connectivity index (χ2n) is 4.52. The van der Waals surface area contributed by atoms with Crippen molar-refractivity contribution in [3.63, 3.8) is 0 Å². The predicted octanol–water partition coefficient (Wildman–Crippen LogP) is 1.97. The van der Waals surface area contributed by atoms with Gasteiger partial charge in [-0.3, -0.25) is 4.79 Å². The molecule has 18 heavy (non-hydrogen) atoms. The molecule has 0 radical (unpaired) electrons. The van der Waals surface area contributed by atoms with E-state index in [9.17, 15) is 9.90 Å². The molecule has 0 aliphatic heterocycles. The highest BCUT2D eigenvalue weighted by molar-refractivity contribution is 5.79. The summed E-state index contributed by atoms with van der Waals surface area (Å²) in [6, 6.07) is 9.88. The van der Waals surface area contributed by atoms with Crippen LogP contribution in [0.5, 0.6) is 0 Å². The number of anilines is 1. The Balaban J connectivity index is 2.87. The van der Waals surface area contributed by atoms with Crippen molar-refractivity contribution in [3.8, 4) is 0 Å². The maximum atomic E-state index is 11.4. The van der Waals surface area contributed by atoms with Gasteiger partial charge in [0.1, 0.15) is 5.54 Å².